The third-order valence-electron chi connectivity index (χ3n) is 1.96. The monoisotopic (exact) mass is 206 g/mol. The van der Waals surface area contributed by atoms with E-state index in [0.717, 1.165) is 18.7 Å². The molecule has 15 heavy (non-hydrogen) atoms. The minimum absolute atomic E-state index is 0.945. The molecule has 0 amide bonds. The smallest absolute Gasteiger partial charge is 0.132 e. The molecule has 0 saturated heterocycles. The van der Waals surface area contributed by atoms with E-state index in [-0.39, 0.29) is 0 Å². The van der Waals surface area contributed by atoms with Gasteiger partial charge in [0.1, 0.15) is 5.82 Å². The second-order valence-corrected chi connectivity index (χ2v) is 3.20. The van der Waals surface area contributed by atoms with Crippen molar-refractivity contribution in [3.8, 4) is 0 Å². The molecule has 82 valence electrons. The van der Waals surface area contributed by atoms with Gasteiger partial charge >= 0.3 is 0 Å². The lowest BCUT2D eigenvalue weighted by atomic mass is 10.3. The van der Waals surface area contributed by atoms with Crippen LogP contribution < -0.4 is 10.9 Å². The van der Waals surface area contributed by atoms with Gasteiger partial charge in [-0.05, 0) is 31.4 Å². The number of unbranched alkanes of at least 4 members (excludes halogenated alkanes) is 1. The second kappa shape index (κ2) is 6.84. The van der Waals surface area contributed by atoms with Crippen molar-refractivity contribution >= 4 is 12.0 Å². The van der Waals surface area contributed by atoms with Crippen molar-refractivity contribution in [2.75, 3.05) is 7.05 Å². The van der Waals surface area contributed by atoms with Crippen LogP contribution in [-0.2, 0) is 0 Å². The topological polar surface area (TPSA) is 52.2 Å². The van der Waals surface area contributed by atoms with Crippen molar-refractivity contribution in [3.05, 3.63) is 30.1 Å². The second-order valence-electron chi connectivity index (χ2n) is 3.20. The van der Waals surface area contributed by atoms with E-state index in [1.807, 2.05) is 38.6 Å². The van der Waals surface area contributed by atoms with Crippen molar-refractivity contribution in [2.24, 2.45) is 4.99 Å². The van der Waals surface area contributed by atoms with Crippen molar-refractivity contribution < 1.29 is 0 Å². The third-order valence-corrected chi connectivity index (χ3v) is 1.96. The molecule has 0 saturated carbocycles. The molecule has 0 bridgehead atoms. The summed E-state index contributed by atoms with van der Waals surface area (Å²) in [4.78, 5) is 7.41. The van der Waals surface area contributed by atoms with Gasteiger partial charge in [-0.3, -0.25) is 0 Å². The average Bonchev–Trinajstić information content (AvgIpc) is 2.63. The number of rotatable bonds is 6. The Morgan fingerprint density at radius 2 is 2.33 bits per heavy atom. The largest absolute Gasteiger partial charge is 0.346 e. The summed E-state index contributed by atoms with van der Waals surface area (Å²) in [5.74, 6) is 0.951. The maximum absolute atomic E-state index is 4.33. The zero-order valence-corrected chi connectivity index (χ0v) is 9.25. The van der Waals surface area contributed by atoms with E-state index in [0.29, 0.717) is 0 Å². The fourth-order valence-electron chi connectivity index (χ4n) is 1.13. The van der Waals surface area contributed by atoms with E-state index in [1.165, 1.54) is 5.56 Å². The minimum atomic E-state index is 0.945. The standard InChI is InChI=1S/C11H18N4/c1-10-6-9-14-11(10)13-7-4-3-5-8-15-12-2/h5-9,12,14-15H,3-4H2,1-2H3/b8-5-,13-7-. The first-order valence-electron chi connectivity index (χ1n) is 5.08. The van der Waals surface area contributed by atoms with Crippen molar-refractivity contribution in [1.29, 1.82) is 0 Å². The molecule has 4 nitrogen and oxygen atoms in total. The highest BCUT2D eigenvalue weighted by Gasteiger charge is 1.92. The first-order chi connectivity index (χ1) is 7.34. The summed E-state index contributed by atoms with van der Waals surface area (Å²) < 4.78 is 0. The lowest BCUT2D eigenvalue weighted by Crippen LogP contribution is -2.20. The first kappa shape index (κ1) is 11.5. The summed E-state index contributed by atoms with van der Waals surface area (Å²) in [6.45, 7) is 2.04. The molecule has 0 unspecified atom stereocenters. The van der Waals surface area contributed by atoms with Crippen molar-refractivity contribution in [2.45, 2.75) is 19.8 Å². The molecular formula is C11H18N4. The molecule has 1 aromatic heterocycles. The number of nitrogens with one attached hydrogen (secondary N) is 3. The van der Waals surface area contributed by atoms with Crippen LogP contribution >= 0.6 is 0 Å². The van der Waals surface area contributed by atoms with Crippen LogP contribution in [0.1, 0.15) is 18.4 Å². The Bertz CT molecular complexity index is 325. The number of aromatic nitrogens is 1. The predicted molar refractivity (Wildman–Crippen MR) is 64.3 cm³/mol. The first-order valence-corrected chi connectivity index (χ1v) is 5.08. The maximum Gasteiger partial charge on any atom is 0.132 e. The number of hydrogen-bond donors (Lipinski definition) is 3. The van der Waals surface area contributed by atoms with Gasteiger partial charge in [0.25, 0.3) is 0 Å². The van der Waals surface area contributed by atoms with Gasteiger partial charge in [0.15, 0.2) is 0 Å². The van der Waals surface area contributed by atoms with Crippen molar-refractivity contribution in [3.63, 3.8) is 0 Å². The number of aryl methyl sites for hydroxylation is 1. The van der Waals surface area contributed by atoms with E-state index < -0.39 is 0 Å². The fourth-order valence-corrected chi connectivity index (χ4v) is 1.13. The number of H-pyrrole nitrogens is 1. The molecule has 3 N–H and O–H groups in total. The van der Waals surface area contributed by atoms with E-state index in [2.05, 4.69) is 26.9 Å². The minimum Gasteiger partial charge on any atom is -0.346 e. The molecule has 0 radical (unpaired) electrons. The Kier molecular flexibility index (Phi) is 5.25. The number of hydrazine groups is 1. The van der Waals surface area contributed by atoms with Crippen LogP contribution in [0.2, 0.25) is 0 Å². The molecule has 0 aliphatic heterocycles. The highest BCUT2D eigenvalue weighted by Crippen LogP contribution is 2.13. The molecule has 0 atom stereocenters. The van der Waals surface area contributed by atoms with Gasteiger partial charge in [-0.1, -0.05) is 6.08 Å². The Morgan fingerprint density at radius 3 is 3.00 bits per heavy atom. The predicted octanol–water partition coefficient (Wildman–Crippen LogP) is 2.04. The van der Waals surface area contributed by atoms with E-state index >= 15 is 0 Å². The third kappa shape index (κ3) is 4.46. The van der Waals surface area contributed by atoms with E-state index in [1.54, 1.807) is 0 Å². The van der Waals surface area contributed by atoms with Gasteiger partial charge in [0.05, 0.1) is 0 Å². The quantitative estimate of drug-likeness (QED) is 0.379. The molecule has 0 aromatic carbocycles. The Labute approximate surface area is 90.5 Å². The molecule has 0 aliphatic rings. The zero-order valence-electron chi connectivity index (χ0n) is 9.25. The molecule has 0 aliphatic carbocycles. The van der Waals surface area contributed by atoms with E-state index in [9.17, 15) is 0 Å². The zero-order chi connectivity index (χ0) is 10.9. The average molecular weight is 206 g/mol. The van der Waals surface area contributed by atoms with Gasteiger partial charge in [-0.15, -0.1) is 0 Å². The molecular weight excluding hydrogens is 188 g/mol. The Balaban J connectivity index is 2.20. The number of allylic oxidation sites excluding steroid dienone is 1. The SMILES string of the molecule is CNN/C=C\CC/C=N\c1[nH]ccc1C. The van der Waals surface area contributed by atoms with Gasteiger partial charge in [-0.25, -0.2) is 10.4 Å². The van der Waals surface area contributed by atoms with Gasteiger partial charge in [-0.2, -0.15) is 0 Å². The Morgan fingerprint density at radius 1 is 1.47 bits per heavy atom. The maximum atomic E-state index is 4.33. The summed E-state index contributed by atoms with van der Waals surface area (Å²) in [6, 6.07) is 2.02. The highest BCUT2D eigenvalue weighted by molar-refractivity contribution is 5.63. The van der Waals surface area contributed by atoms with Crippen molar-refractivity contribution in [1.82, 2.24) is 15.8 Å². The summed E-state index contributed by atoms with van der Waals surface area (Å²) in [5, 5.41) is 0. The van der Waals surface area contributed by atoms with Crippen LogP contribution in [0.4, 0.5) is 5.82 Å². The summed E-state index contributed by atoms with van der Waals surface area (Å²) in [7, 11) is 1.83. The number of aliphatic imine (C=N–C) groups is 1. The van der Waals surface area contributed by atoms with Gasteiger partial charge < -0.3 is 10.4 Å². The van der Waals surface area contributed by atoms with Gasteiger partial charge in [0.2, 0.25) is 0 Å². The van der Waals surface area contributed by atoms with Crippen LogP contribution in [0.25, 0.3) is 0 Å². The summed E-state index contributed by atoms with van der Waals surface area (Å²) in [5.41, 5.74) is 6.87. The molecule has 0 fully saturated rings. The summed E-state index contributed by atoms with van der Waals surface area (Å²) in [6.07, 6.45) is 9.71. The lowest BCUT2D eigenvalue weighted by molar-refractivity contribution is 0.727. The van der Waals surface area contributed by atoms with E-state index in [4.69, 9.17) is 0 Å². The molecule has 0 spiro atoms. The van der Waals surface area contributed by atoms with Crippen LogP contribution in [-0.4, -0.2) is 18.2 Å². The van der Waals surface area contributed by atoms with Crippen LogP contribution in [0.5, 0.6) is 0 Å². The van der Waals surface area contributed by atoms with Gasteiger partial charge in [0, 0.05) is 25.7 Å². The number of nitrogens with zero attached hydrogens (tertiary/aromatic N) is 1. The van der Waals surface area contributed by atoms with Crippen LogP contribution in [0.3, 0.4) is 0 Å². The molecule has 1 aromatic rings. The fraction of sp³-hybridized carbons (Fsp3) is 0.364. The van der Waals surface area contributed by atoms with Crippen LogP contribution in [0, 0.1) is 6.92 Å². The lowest BCUT2D eigenvalue weighted by Gasteiger charge is -1.93. The molecule has 4 heteroatoms. The van der Waals surface area contributed by atoms with Crippen LogP contribution in [0.15, 0.2) is 29.5 Å². The Hall–Kier alpha value is -1.55. The highest BCUT2D eigenvalue weighted by atomic mass is 15.3. The molecule has 1 rings (SSSR count). The number of hydrogen-bond acceptors (Lipinski definition) is 3. The molecule has 1 heterocycles. The summed E-state index contributed by atoms with van der Waals surface area (Å²) >= 11 is 0. The normalized spacial score (nSPS) is 11.6. The number of aromatic amines is 1.